The molecule has 0 radical (unpaired) electrons. The number of hydrogen-bond donors (Lipinski definition) is 2. The highest BCUT2D eigenvalue weighted by molar-refractivity contribution is 7.99. The predicted octanol–water partition coefficient (Wildman–Crippen LogP) is 3.96. The topological polar surface area (TPSA) is 88.9 Å². The summed E-state index contributed by atoms with van der Waals surface area (Å²) in [5.74, 6) is 0.563. The highest BCUT2D eigenvalue weighted by Gasteiger charge is 2.19. The number of anilines is 1. The Morgan fingerprint density at radius 1 is 1.03 bits per heavy atom. The van der Waals surface area contributed by atoms with Gasteiger partial charge >= 0.3 is 0 Å². The molecule has 1 atom stereocenters. The monoisotopic (exact) mass is 437 g/mol. The molecule has 0 unspecified atom stereocenters. The van der Waals surface area contributed by atoms with Crippen LogP contribution in [0.25, 0.3) is 0 Å². The molecule has 0 bridgehead atoms. The van der Waals surface area contributed by atoms with Gasteiger partial charge in [-0.05, 0) is 51.0 Å². The molecule has 1 heterocycles. The van der Waals surface area contributed by atoms with E-state index < -0.39 is 0 Å². The lowest BCUT2D eigenvalue weighted by molar-refractivity contribution is -0.113. The number of aromatic nitrogens is 3. The lowest BCUT2D eigenvalue weighted by Gasteiger charge is -2.14. The number of carbonyl (C=O) groups is 2. The number of nitrogens with zero attached hydrogens (tertiary/aromatic N) is 3. The smallest absolute Gasteiger partial charge is 0.251 e. The molecule has 0 saturated heterocycles. The molecule has 0 fully saturated rings. The van der Waals surface area contributed by atoms with Crippen LogP contribution in [0.5, 0.6) is 0 Å². The number of amides is 2. The van der Waals surface area contributed by atoms with E-state index >= 15 is 0 Å². The van der Waals surface area contributed by atoms with Crippen molar-refractivity contribution in [2.75, 3.05) is 11.1 Å². The van der Waals surface area contributed by atoms with Crippen LogP contribution in [-0.2, 0) is 11.8 Å². The third-order valence-electron chi connectivity index (χ3n) is 5.00. The SMILES string of the molecule is Cc1ccc(C(=O)N[C@H](C)c2nnc(SCC(=O)Nc3c(C)cccc3C)n2C)cc1. The number of para-hydroxylation sites is 1. The minimum Gasteiger partial charge on any atom is -0.342 e. The van der Waals surface area contributed by atoms with Crippen molar-refractivity contribution in [1.82, 2.24) is 20.1 Å². The van der Waals surface area contributed by atoms with Gasteiger partial charge in [-0.3, -0.25) is 9.59 Å². The van der Waals surface area contributed by atoms with Crippen molar-refractivity contribution in [3.05, 3.63) is 70.5 Å². The molecule has 2 aromatic carbocycles. The molecule has 7 nitrogen and oxygen atoms in total. The minimum absolute atomic E-state index is 0.104. The first-order valence-corrected chi connectivity index (χ1v) is 11.0. The van der Waals surface area contributed by atoms with Gasteiger partial charge in [-0.1, -0.05) is 47.7 Å². The van der Waals surface area contributed by atoms with Crippen molar-refractivity contribution in [2.45, 2.75) is 38.9 Å². The van der Waals surface area contributed by atoms with Crippen LogP contribution in [0.4, 0.5) is 5.69 Å². The number of aryl methyl sites for hydroxylation is 3. The molecule has 2 N–H and O–H groups in total. The fraction of sp³-hybridized carbons (Fsp3) is 0.304. The van der Waals surface area contributed by atoms with Gasteiger partial charge in [0.15, 0.2) is 11.0 Å². The summed E-state index contributed by atoms with van der Waals surface area (Å²) < 4.78 is 1.80. The Balaban J connectivity index is 1.59. The molecular weight excluding hydrogens is 410 g/mol. The first-order valence-electron chi connectivity index (χ1n) is 10.0. The van der Waals surface area contributed by atoms with Crippen LogP contribution in [0, 0.1) is 20.8 Å². The zero-order chi connectivity index (χ0) is 22.5. The summed E-state index contributed by atoms with van der Waals surface area (Å²) in [4.78, 5) is 24.9. The van der Waals surface area contributed by atoms with Gasteiger partial charge in [0, 0.05) is 18.3 Å². The summed E-state index contributed by atoms with van der Waals surface area (Å²) in [7, 11) is 1.83. The molecule has 8 heteroatoms. The molecule has 2 amide bonds. The van der Waals surface area contributed by atoms with Crippen LogP contribution in [0.15, 0.2) is 47.6 Å². The molecule has 162 valence electrons. The number of rotatable bonds is 7. The van der Waals surface area contributed by atoms with E-state index in [4.69, 9.17) is 0 Å². The summed E-state index contributed by atoms with van der Waals surface area (Å²) in [5, 5.41) is 14.9. The third-order valence-corrected chi connectivity index (χ3v) is 6.02. The number of hydrogen-bond acceptors (Lipinski definition) is 5. The van der Waals surface area contributed by atoms with E-state index in [1.165, 1.54) is 11.8 Å². The molecule has 0 saturated carbocycles. The van der Waals surface area contributed by atoms with E-state index in [1.54, 1.807) is 16.7 Å². The van der Waals surface area contributed by atoms with Gasteiger partial charge in [-0.25, -0.2) is 0 Å². The van der Waals surface area contributed by atoms with Crippen LogP contribution in [0.2, 0.25) is 0 Å². The Kier molecular flexibility index (Phi) is 7.12. The third kappa shape index (κ3) is 5.52. The first-order chi connectivity index (χ1) is 14.8. The van der Waals surface area contributed by atoms with Gasteiger partial charge in [0.25, 0.3) is 5.91 Å². The summed E-state index contributed by atoms with van der Waals surface area (Å²) in [5.41, 5.74) is 4.59. The second-order valence-corrected chi connectivity index (χ2v) is 8.51. The second-order valence-electron chi connectivity index (χ2n) is 7.56. The maximum absolute atomic E-state index is 12.5. The van der Waals surface area contributed by atoms with Crippen LogP contribution >= 0.6 is 11.8 Å². The van der Waals surface area contributed by atoms with E-state index in [2.05, 4.69) is 20.8 Å². The molecule has 0 spiro atoms. The second kappa shape index (κ2) is 9.78. The highest BCUT2D eigenvalue weighted by Crippen LogP contribution is 2.22. The van der Waals surface area contributed by atoms with Gasteiger partial charge in [0.05, 0.1) is 11.8 Å². The lowest BCUT2D eigenvalue weighted by atomic mass is 10.1. The maximum atomic E-state index is 12.5. The molecular formula is C23H27N5O2S. The molecule has 31 heavy (non-hydrogen) atoms. The van der Waals surface area contributed by atoms with Gasteiger partial charge in [-0.2, -0.15) is 0 Å². The highest BCUT2D eigenvalue weighted by atomic mass is 32.2. The summed E-state index contributed by atoms with van der Waals surface area (Å²) in [6.45, 7) is 7.78. The van der Waals surface area contributed by atoms with Gasteiger partial charge in [-0.15, -0.1) is 10.2 Å². The number of benzene rings is 2. The Labute approximate surface area is 186 Å². The average Bonchev–Trinajstić information content (AvgIpc) is 3.10. The standard InChI is InChI=1S/C23H27N5O2S/c1-14-9-11-18(12-10-14)22(30)24-17(4)21-26-27-23(28(21)5)31-13-19(29)25-20-15(2)7-6-8-16(20)3/h6-12,17H,13H2,1-5H3,(H,24,30)(H,25,29)/t17-/m1/s1. The Bertz CT molecular complexity index is 1070. The van der Waals surface area contributed by atoms with E-state index in [1.807, 2.05) is 65.1 Å². The molecule has 0 aliphatic rings. The van der Waals surface area contributed by atoms with E-state index in [0.29, 0.717) is 16.5 Å². The number of nitrogens with one attached hydrogen (secondary N) is 2. The Morgan fingerprint density at radius 2 is 1.68 bits per heavy atom. The molecule has 0 aliphatic carbocycles. The fourth-order valence-electron chi connectivity index (χ4n) is 3.20. The molecule has 0 aliphatic heterocycles. The van der Waals surface area contributed by atoms with Crippen LogP contribution < -0.4 is 10.6 Å². The number of thioether (sulfide) groups is 1. The average molecular weight is 438 g/mol. The van der Waals surface area contributed by atoms with Crippen LogP contribution in [0.3, 0.4) is 0 Å². The van der Waals surface area contributed by atoms with Crippen LogP contribution in [0.1, 0.15) is 45.8 Å². The van der Waals surface area contributed by atoms with Gasteiger partial charge < -0.3 is 15.2 Å². The van der Waals surface area contributed by atoms with Crippen LogP contribution in [-0.4, -0.2) is 32.3 Å². The van der Waals surface area contributed by atoms with Gasteiger partial charge in [0.2, 0.25) is 5.91 Å². The Morgan fingerprint density at radius 3 is 2.32 bits per heavy atom. The van der Waals surface area contributed by atoms with E-state index in [0.717, 1.165) is 22.4 Å². The zero-order valence-electron chi connectivity index (χ0n) is 18.4. The Hall–Kier alpha value is -3.13. The predicted molar refractivity (Wildman–Crippen MR) is 123 cm³/mol. The van der Waals surface area contributed by atoms with Crippen molar-refractivity contribution in [3.8, 4) is 0 Å². The van der Waals surface area contributed by atoms with Crippen molar-refractivity contribution in [1.29, 1.82) is 0 Å². The first kappa shape index (κ1) is 22.6. The normalized spacial score (nSPS) is 11.8. The van der Waals surface area contributed by atoms with Crippen molar-refractivity contribution >= 4 is 29.3 Å². The van der Waals surface area contributed by atoms with Crippen molar-refractivity contribution < 1.29 is 9.59 Å². The largest absolute Gasteiger partial charge is 0.342 e. The van der Waals surface area contributed by atoms with E-state index in [9.17, 15) is 9.59 Å². The zero-order valence-corrected chi connectivity index (χ0v) is 19.2. The summed E-state index contributed by atoms with van der Waals surface area (Å²) >= 11 is 1.31. The summed E-state index contributed by atoms with van der Waals surface area (Å²) in [6.07, 6.45) is 0. The van der Waals surface area contributed by atoms with E-state index in [-0.39, 0.29) is 23.6 Å². The maximum Gasteiger partial charge on any atom is 0.251 e. The van der Waals surface area contributed by atoms with Gasteiger partial charge in [0.1, 0.15) is 0 Å². The lowest BCUT2D eigenvalue weighted by Crippen LogP contribution is -2.28. The van der Waals surface area contributed by atoms with Crippen molar-refractivity contribution in [3.63, 3.8) is 0 Å². The molecule has 3 aromatic rings. The quantitative estimate of drug-likeness (QED) is 0.546. The molecule has 1 aromatic heterocycles. The number of carbonyl (C=O) groups excluding carboxylic acids is 2. The fourth-order valence-corrected chi connectivity index (χ4v) is 3.91. The minimum atomic E-state index is -0.330. The molecule has 3 rings (SSSR count). The van der Waals surface area contributed by atoms with Crippen molar-refractivity contribution in [2.24, 2.45) is 7.05 Å². The summed E-state index contributed by atoms with van der Waals surface area (Å²) in [6, 6.07) is 13.0.